The van der Waals surface area contributed by atoms with Crippen molar-refractivity contribution in [2.24, 2.45) is 0 Å². The minimum atomic E-state index is 0.525. The van der Waals surface area contributed by atoms with Crippen LogP contribution in [-0.4, -0.2) is 13.7 Å². The van der Waals surface area contributed by atoms with Gasteiger partial charge in [0.15, 0.2) is 0 Å². The molecule has 0 bridgehead atoms. The van der Waals surface area contributed by atoms with Gasteiger partial charge in [-0.1, -0.05) is 6.07 Å². The van der Waals surface area contributed by atoms with E-state index in [1.54, 1.807) is 0 Å². The molecule has 0 unspecified atom stereocenters. The predicted molar refractivity (Wildman–Crippen MR) is 81.6 cm³/mol. The second-order valence-electron chi connectivity index (χ2n) is 4.48. The SMILES string of the molecule is CCOc1ccc(Oc2ccc(CNC)cc2C#N)cc1. The van der Waals surface area contributed by atoms with E-state index in [0.717, 1.165) is 17.9 Å². The zero-order valence-electron chi connectivity index (χ0n) is 12.2. The van der Waals surface area contributed by atoms with Gasteiger partial charge in [-0.05, 0) is 55.9 Å². The summed E-state index contributed by atoms with van der Waals surface area (Å²) in [7, 11) is 1.87. The fourth-order valence-electron chi connectivity index (χ4n) is 1.97. The van der Waals surface area contributed by atoms with Gasteiger partial charge in [-0.2, -0.15) is 5.26 Å². The van der Waals surface area contributed by atoms with Gasteiger partial charge >= 0.3 is 0 Å². The number of nitrogens with zero attached hydrogens (tertiary/aromatic N) is 1. The van der Waals surface area contributed by atoms with Crippen molar-refractivity contribution in [3.63, 3.8) is 0 Å². The third kappa shape index (κ3) is 3.98. The predicted octanol–water partition coefficient (Wildman–Crippen LogP) is 3.47. The highest BCUT2D eigenvalue weighted by molar-refractivity contribution is 5.47. The fourth-order valence-corrected chi connectivity index (χ4v) is 1.97. The number of rotatable bonds is 6. The molecule has 2 rings (SSSR count). The second kappa shape index (κ2) is 7.32. The summed E-state index contributed by atoms with van der Waals surface area (Å²) in [4.78, 5) is 0. The van der Waals surface area contributed by atoms with E-state index in [0.29, 0.717) is 23.7 Å². The molecule has 1 N–H and O–H groups in total. The summed E-state index contributed by atoms with van der Waals surface area (Å²) in [5.74, 6) is 2.03. The van der Waals surface area contributed by atoms with Crippen LogP contribution in [0.3, 0.4) is 0 Å². The Bertz CT molecular complexity index is 630. The van der Waals surface area contributed by atoms with Crippen molar-refractivity contribution in [2.75, 3.05) is 13.7 Å². The Hall–Kier alpha value is -2.51. The van der Waals surface area contributed by atoms with Crippen LogP contribution in [0.25, 0.3) is 0 Å². The molecule has 0 heterocycles. The second-order valence-corrected chi connectivity index (χ2v) is 4.48. The number of hydrogen-bond donors (Lipinski definition) is 1. The highest BCUT2D eigenvalue weighted by Gasteiger charge is 2.06. The molecule has 108 valence electrons. The van der Waals surface area contributed by atoms with Gasteiger partial charge < -0.3 is 14.8 Å². The molecule has 21 heavy (non-hydrogen) atoms. The monoisotopic (exact) mass is 282 g/mol. The van der Waals surface area contributed by atoms with E-state index in [4.69, 9.17) is 9.47 Å². The summed E-state index contributed by atoms with van der Waals surface area (Å²) in [6, 6.07) is 15.1. The lowest BCUT2D eigenvalue weighted by Crippen LogP contribution is -2.05. The number of benzene rings is 2. The number of ether oxygens (including phenoxy) is 2. The molecule has 0 saturated heterocycles. The Kier molecular flexibility index (Phi) is 5.19. The van der Waals surface area contributed by atoms with Crippen molar-refractivity contribution in [1.82, 2.24) is 5.32 Å². The van der Waals surface area contributed by atoms with Gasteiger partial charge in [0.1, 0.15) is 23.3 Å². The average Bonchev–Trinajstić information content (AvgIpc) is 2.51. The van der Waals surface area contributed by atoms with Gasteiger partial charge in [-0.25, -0.2) is 0 Å². The van der Waals surface area contributed by atoms with Gasteiger partial charge in [0.05, 0.1) is 12.2 Å². The van der Waals surface area contributed by atoms with Gasteiger partial charge in [-0.3, -0.25) is 0 Å². The first kappa shape index (κ1) is 14.9. The highest BCUT2D eigenvalue weighted by atomic mass is 16.5. The lowest BCUT2D eigenvalue weighted by Gasteiger charge is -2.10. The van der Waals surface area contributed by atoms with Crippen LogP contribution in [0.1, 0.15) is 18.1 Å². The molecule has 0 amide bonds. The molecule has 2 aromatic rings. The Morgan fingerprint density at radius 1 is 1.10 bits per heavy atom. The van der Waals surface area contributed by atoms with Gasteiger partial charge in [-0.15, -0.1) is 0 Å². The molecule has 0 saturated carbocycles. The molecule has 0 fully saturated rings. The molecule has 0 aliphatic carbocycles. The molecule has 0 aliphatic heterocycles. The molecule has 0 radical (unpaired) electrons. The fraction of sp³-hybridized carbons (Fsp3) is 0.235. The maximum absolute atomic E-state index is 9.23. The smallest absolute Gasteiger partial charge is 0.145 e. The van der Waals surface area contributed by atoms with Gasteiger partial charge in [0.25, 0.3) is 0 Å². The van der Waals surface area contributed by atoms with Crippen LogP contribution >= 0.6 is 0 Å². The zero-order valence-corrected chi connectivity index (χ0v) is 12.2. The Morgan fingerprint density at radius 2 is 1.81 bits per heavy atom. The lowest BCUT2D eigenvalue weighted by atomic mass is 10.1. The first-order valence-electron chi connectivity index (χ1n) is 6.85. The van der Waals surface area contributed by atoms with Crippen molar-refractivity contribution in [3.8, 4) is 23.3 Å². The topological polar surface area (TPSA) is 54.3 Å². The van der Waals surface area contributed by atoms with Crippen molar-refractivity contribution in [1.29, 1.82) is 5.26 Å². The Balaban J connectivity index is 2.17. The van der Waals surface area contributed by atoms with Crippen LogP contribution in [-0.2, 0) is 6.54 Å². The molecular formula is C17H18N2O2. The van der Waals surface area contributed by atoms with E-state index in [2.05, 4.69) is 11.4 Å². The summed E-state index contributed by atoms with van der Waals surface area (Å²) < 4.78 is 11.2. The Labute approximate surface area is 124 Å². The van der Waals surface area contributed by atoms with Crippen molar-refractivity contribution in [3.05, 3.63) is 53.6 Å². The zero-order chi connectivity index (χ0) is 15.1. The summed E-state index contributed by atoms with van der Waals surface area (Å²) in [6.07, 6.45) is 0. The van der Waals surface area contributed by atoms with Gasteiger partial charge in [0, 0.05) is 6.54 Å². The van der Waals surface area contributed by atoms with E-state index in [-0.39, 0.29) is 0 Å². The first-order chi connectivity index (χ1) is 10.3. The number of nitriles is 1. The highest BCUT2D eigenvalue weighted by Crippen LogP contribution is 2.27. The number of hydrogen-bond acceptors (Lipinski definition) is 4. The van der Waals surface area contributed by atoms with E-state index in [1.807, 2.05) is 56.4 Å². The molecule has 4 nitrogen and oxygen atoms in total. The molecule has 0 aromatic heterocycles. The standard InChI is InChI=1S/C17H18N2O2/c1-3-20-15-5-7-16(8-6-15)21-17-9-4-13(12-19-2)10-14(17)11-18/h4-10,19H,3,12H2,1-2H3. The Morgan fingerprint density at radius 3 is 2.43 bits per heavy atom. The number of nitrogens with one attached hydrogen (secondary N) is 1. The maximum Gasteiger partial charge on any atom is 0.145 e. The minimum Gasteiger partial charge on any atom is -0.494 e. The van der Waals surface area contributed by atoms with Crippen molar-refractivity contribution < 1.29 is 9.47 Å². The van der Waals surface area contributed by atoms with E-state index < -0.39 is 0 Å². The minimum absolute atomic E-state index is 0.525. The van der Waals surface area contributed by atoms with Crippen LogP contribution in [0.2, 0.25) is 0 Å². The maximum atomic E-state index is 9.23. The van der Waals surface area contributed by atoms with E-state index >= 15 is 0 Å². The summed E-state index contributed by atoms with van der Waals surface area (Å²) in [5.41, 5.74) is 1.57. The molecule has 0 spiro atoms. The average molecular weight is 282 g/mol. The first-order valence-corrected chi connectivity index (χ1v) is 6.85. The molecule has 0 atom stereocenters. The van der Waals surface area contributed by atoms with Gasteiger partial charge in [0.2, 0.25) is 0 Å². The third-order valence-electron chi connectivity index (χ3n) is 2.91. The molecule has 4 heteroatoms. The largest absolute Gasteiger partial charge is 0.494 e. The van der Waals surface area contributed by atoms with Crippen LogP contribution in [0.15, 0.2) is 42.5 Å². The summed E-state index contributed by atoms with van der Waals surface area (Å²) in [5, 5.41) is 12.3. The van der Waals surface area contributed by atoms with Crippen LogP contribution in [0, 0.1) is 11.3 Å². The van der Waals surface area contributed by atoms with Crippen LogP contribution in [0.5, 0.6) is 17.2 Å². The van der Waals surface area contributed by atoms with E-state index in [9.17, 15) is 5.26 Å². The van der Waals surface area contributed by atoms with Crippen LogP contribution < -0.4 is 14.8 Å². The molecular weight excluding hydrogens is 264 g/mol. The third-order valence-corrected chi connectivity index (χ3v) is 2.91. The normalized spacial score (nSPS) is 9.95. The quantitative estimate of drug-likeness (QED) is 0.881. The summed E-state index contributed by atoms with van der Waals surface area (Å²) >= 11 is 0. The van der Waals surface area contributed by atoms with Crippen molar-refractivity contribution in [2.45, 2.75) is 13.5 Å². The summed E-state index contributed by atoms with van der Waals surface area (Å²) in [6.45, 7) is 3.29. The van der Waals surface area contributed by atoms with Crippen molar-refractivity contribution >= 4 is 0 Å². The van der Waals surface area contributed by atoms with E-state index in [1.165, 1.54) is 0 Å². The molecule has 0 aliphatic rings. The lowest BCUT2D eigenvalue weighted by molar-refractivity contribution is 0.339. The molecule has 2 aromatic carbocycles. The van der Waals surface area contributed by atoms with Crippen LogP contribution in [0.4, 0.5) is 0 Å².